The predicted octanol–water partition coefficient (Wildman–Crippen LogP) is 5.17. The average Bonchev–Trinajstić information content (AvgIpc) is 2.58. The molecule has 2 aromatic rings. The monoisotopic (exact) mass is 339 g/mol. The molecular weight excluding hydrogens is 314 g/mol. The van der Waals surface area contributed by atoms with Crippen molar-refractivity contribution >= 4 is 11.9 Å². The topological polar surface area (TPSA) is 57.6 Å². The van der Waals surface area contributed by atoms with Crippen LogP contribution in [0.1, 0.15) is 55.6 Å². The summed E-state index contributed by atoms with van der Waals surface area (Å²) >= 11 is 0. The van der Waals surface area contributed by atoms with Gasteiger partial charge in [-0.05, 0) is 32.8 Å². The van der Waals surface area contributed by atoms with E-state index in [1.165, 1.54) is 4.90 Å². The summed E-state index contributed by atoms with van der Waals surface area (Å²) in [5, 5.41) is 9.76. The number of carbonyl (C=O) groups excluding carboxylic acids is 1. The van der Waals surface area contributed by atoms with E-state index in [0.29, 0.717) is 18.4 Å². The zero-order chi connectivity index (χ0) is 18.4. The van der Waals surface area contributed by atoms with E-state index in [2.05, 4.69) is 0 Å². The number of carboxylic acid groups (broad SMARTS) is 1. The van der Waals surface area contributed by atoms with E-state index in [-0.39, 0.29) is 11.8 Å². The highest BCUT2D eigenvalue weighted by Gasteiger charge is 2.34. The molecular formula is C21H25NO3. The first-order valence-corrected chi connectivity index (χ1v) is 8.46. The van der Waals surface area contributed by atoms with Crippen LogP contribution in [0.5, 0.6) is 0 Å². The third-order valence-electron chi connectivity index (χ3n) is 4.17. The van der Waals surface area contributed by atoms with E-state index >= 15 is 0 Å². The number of ketones is 1. The van der Waals surface area contributed by atoms with Crippen molar-refractivity contribution in [1.82, 2.24) is 4.90 Å². The second-order valence-electron chi connectivity index (χ2n) is 7.08. The van der Waals surface area contributed by atoms with Crippen LogP contribution in [0.15, 0.2) is 60.7 Å². The molecule has 2 aromatic carbocycles. The highest BCUT2D eigenvalue weighted by atomic mass is 16.4. The van der Waals surface area contributed by atoms with E-state index in [1.807, 2.05) is 69.3 Å². The third kappa shape index (κ3) is 4.92. The Kier molecular flexibility index (Phi) is 5.97. The van der Waals surface area contributed by atoms with Crippen LogP contribution in [0.3, 0.4) is 0 Å². The Morgan fingerprint density at radius 3 is 1.96 bits per heavy atom. The van der Waals surface area contributed by atoms with Crippen LogP contribution in [0.2, 0.25) is 0 Å². The lowest BCUT2D eigenvalue weighted by atomic mass is 9.93. The summed E-state index contributed by atoms with van der Waals surface area (Å²) in [6.07, 6.45) is -0.237. The smallest absolute Gasteiger partial charge is 0.408 e. The lowest BCUT2D eigenvalue weighted by Crippen LogP contribution is -2.47. The van der Waals surface area contributed by atoms with Gasteiger partial charge < -0.3 is 5.11 Å². The molecule has 0 spiro atoms. The molecule has 1 N–H and O–H groups in total. The molecule has 0 radical (unpaired) electrons. The van der Waals surface area contributed by atoms with Crippen molar-refractivity contribution in [1.29, 1.82) is 0 Å². The van der Waals surface area contributed by atoms with Gasteiger partial charge in [-0.3, -0.25) is 9.69 Å². The highest BCUT2D eigenvalue weighted by Crippen LogP contribution is 2.32. The van der Waals surface area contributed by atoms with Gasteiger partial charge in [0.15, 0.2) is 5.78 Å². The molecule has 4 heteroatoms. The lowest BCUT2D eigenvalue weighted by Gasteiger charge is -2.40. The molecule has 0 aliphatic rings. The molecule has 1 amide bonds. The first-order chi connectivity index (χ1) is 11.8. The van der Waals surface area contributed by atoms with E-state index < -0.39 is 11.6 Å². The molecule has 132 valence electrons. The van der Waals surface area contributed by atoms with Gasteiger partial charge in [-0.15, -0.1) is 0 Å². The summed E-state index contributed by atoms with van der Waals surface area (Å²) in [5.74, 6) is 0.0285. The van der Waals surface area contributed by atoms with E-state index in [1.54, 1.807) is 12.1 Å². The molecule has 2 rings (SSSR count). The predicted molar refractivity (Wildman–Crippen MR) is 98.8 cm³/mol. The zero-order valence-corrected chi connectivity index (χ0v) is 15.0. The summed E-state index contributed by atoms with van der Waals surface area (Å²) in [5.41, 5.74) is 0.995. The minimum absolute atomic E-state index is 0.0285. The van der Waals surface area contributed by atoms with Crippen LogP contribution in [0.25, 0.3) is 0 Å². The van der Waals surface area contributed by atoms with Crippen LogP contribution in [-0.4, -0.2) is 27.4 Å². The van der Waals surface area contributed by atoms with E-state index in [4.69, 9.17) is 0 Å². The Morgan fingerprint density at radius 2 is 1.48 bits per heavy atom. The van der Waals surface area contributed by atoms with Crippen LogP contribution >= 0.6 is 0 Å². The fourth-order valence-corrected chi connectivity index (χ4v) is 3.04. The van der Waals surface area contributed by atoms with Crippen LogP contribution in [0, 0.1) is 0 Å². The lowest BCUT2D eigenvalue weighted by molar-refractivity contribution is 0.0638. The number of benzene rings is 2. The molecule has 0 fully saturated rings. The van der Waals surface area contributed by atoms with Crippen molar-refractivity contribution in [2.75, 3.05) is 0 Å². The largest absolute Gasteiger partial charge is 0.465 e. The SMILES string of the molecule is CC(C)(C)N(C(=O)O)C(CCC(=O)c1ccccc1)c1ccccc1. The minimum atomic E-state index is -0.978. The molecule has 1 atom stereocenters. The average molecular weight is 339 g/mol. The van der Waals surface area contributed by atoms with Gasteiger partial charge in [-0.1, -0.05) is 60.7 Å². The maximum Gasteiger partial charge on any atom is 0.408 e. The van der Waals surface area contributed by atoms with Crippen molar-refractivity contribution in [2.45, 2.75) is 45.2 Å². The first kappa shape index (κ1) is 18.7. The van der Waals surface area contributed by atoms with Gasteiger partial charge >= 0.3 is 6.09 Å². The molecule has 0 aliphatic heterocycles. The van der Waals surface area contributed by atoms with Gasteiger partial charge in [0.2, 0.25) is 0 Å². The summed E-state index contributed by atoms with van der Waals surface area (Å²) in [6.45, 7) is 5.61. The summed E-state index contributed by atoms with van der Waals surface area (Å²) in [6, 6.07) is 18.3. The molecule has 0 saturated carbocycles. The number of rotatable bonds is 6. The van der Waals surface area contributed by atoms with Crippen molar-refractivity contribution in [3.05, 3.63) is 71.8 Å². The second-order valence-corrected chi connectivity index (χ2v) is 7.08. The fourth-order valence-electron chi connectivity index (χ4n) is 3.04. The second kappa shape index (κ2) is 7.97. The Morgan fingerprint density at radius 1 is 0.960 bits per heavy atom. The normalized spacial score (nSPS) is 12.4. The maximum atomic E-state index is 12.5. The van der Waals surface area contributed by atoms with Crippen molar-refractivity contribution in [3.8, 4) is 0 Å². The Bertz CT molecular complexity index is 705. The van der Waals surface area contributed by atoms with Crippen molar-refractivity contribution in [3.63, 3.8) is 0 Å². The van der Waals surface area contributed by atoms with Gasteiger partial charge in [-0.2, -0.15) is 0 Å². The van der Waals surface area contributed by atoms with Gasteiger partial charge in [-0.25, -0.2) is 4.79 Å². The van der Waals surface area contributed by atoms with Crippen LogP contribution in [-0.2, 0) is 0 Å². The number of hydrogen-bond donors (Lipinski definition) is 1. The quantitative estimate of drug-likeness (QED) is 0.739. The molecule has 0 bridgehead atoms. The zero-order valence-electron chi connectivity index (χ0n) is 15.0. The Hall–Kier alpha value is -2.62. The van der Waals surface area contributed by atoms with Crippen LogP contribution < -0.4 is 0 Å². The molecule has 0 aromatic heterocycles. The number of amides is 1. The highest BCUT2D eigenvalue weighted by molar-refractivity contribution is 5.96. The van der Waals surface area contributed by atoms with E-state index in [0.717, 1.165) is 5.56 Å². The fraction of sp³-hybridized carbons (Fsp3) is 0.333. The first-order valence-electron chi connectivity index (χ1n) is 8.46. The van der Waals surface area contributed by atoms with Gasteiger partial charge in [0.05, 0.1) is 6.04 Å². The van der Waals surface area contributed by atoms with E-state index in [9.17, 15) is 14.7 Å². The molecule has 0 aliphatic carbocycles. The number of hydrogen-bond acceptors (Lipinski definition) is 2. The number of carbonyl (C=O) groups is 2. The summed E-state index contributed by atoms with van der Waals surface area (Å²) in [7, 11) is 0. The molecule has 0 heterocycles. The maximum absolute atomic E-state index is 12.5. The number of Topliss-reactive ketones (excluding diaryl/α,β-unsaturated/α-hetero) is 1. The van der Waals surface area contributed by atoms with Crippen LogP contribution in [0.4, 0.5) is 4.79 Å². The molecule has 25 heavy (non-hydrogen) atoms. The van der Waals surface area contributed by atoms with Gasteiger partial charge in [0, 0.05) is 17.5 Å². The Labute approximate surface area is 149 Å². The summed E-state index contributed by atoms with van der Waals surface area (Å²) < 4.78 is 0. The number of nitrogens with zero attached hydrogens (tertiary/aromatic N) is 1. The van der Waals surface area contributed by atoms with Crippen molar-refractivity contribution < 1.29 is 14.7 Å². The third-order valence-corrected chi connectivity index (χ3v) is 4.17. The molecule has 4 nitrogen and oxygen atoms in total. The molecule has 0 saturated heterocycles. The van der Waals surface area contributed by atoms with Gasteiger partial charge in [0.25, 0.3) is 0 Å². The standard InChI is InChI=1S/C21H25NO3/c1-21(2,3)22(20(24)25)18(16-10-6-4-7-11-16)14-15-19(23)17-12-8-5-9-13-17/h4-13,18H,14-15H2,1-3H3,(H,24,25). The van der Waals surface area contributed by atoms with Gasteiger partial charge in [0.1, 0.15) is 0 Å². The van der Waals surface area contributed by atoms with Crippen molar-refractivity contribution in [2.24, 2.45) is 0 Å². The summed E-state index contributed by atoms with van der Waals surface area (Å²) in [4.78, 5) is 25.8. The minimum Gasteiger partial charge on any atom is -0.465 e. The molecule has 1 unspecified atom stereocenters. The Balaban J connectivity index is 2.26.